The fourth-order valence-corrected chi connectivity index (χ4v) is 6.63. The summed E-state index contributed by atoms with van der Waals surface area (Å²) in [5.74, 6) is 5.59. The third-order valence-electron chi connectivity index (χ3n) is 4.71. The molecule has 0 saturated heterocycles. The zero-order valence-electron chi connectivity index (χ0n) is 14.9. The molecule has 0 heterocycles. The zero-order chi connectivity index (χ0) is 14.4. The van der Waals surface area contributed by atoms with Gasteiger partial charge in [0.1, 0.15) is 0 Å². The Bertz CT molecular complexity index is 482. The molecule has 24 heavy (non-hydrogen) atoms. The molecule has 2 saturated carbocycles. The minimum Gasteiger partial charge on any atom is -0.358 e. The van der Waals surface area contributed by atoms with Crippen LogP contribution >= 0.6 is 0 Å². The molecule has 4 aliphatic rings. The van der Waals surface area contributed by atoms with Gasteiger partial charge in [-0.05, 0) is 36.8 Å². The normalized spacial score (nSPS) is 25.1. The van der Waals surface area contributed by atoms with E-state index < -0.39 is 8.07 Å². The van der Waals surface area contributed by atoms with E-state index in [-0.39, 0.29) is 40.7 Å². The van der Waals surface area contributed by atoms with Crippen LogP contribution in [-0.2, 0) is 25.8 Å². The molecule has 0 amide bonds. The first-order valence-electron chi connectivity index (χ1n) is 7.48. The molecule has 0 aromatic heterocycles. The summed E-state index contributed by atoms with van der Waals surface area (Å²) in [6, 6.07) is 0. The van der Waals surface area contributed by atoms with Crippen molar-refractivity contribution >= 4 is 8.07 Å². The summed E-state index contributed by atoms with van der Waals surface area (Å²) >= 11 is 0. The Morgan fingerprint density at radius 2 is 0.958 bits per heavy atom. The van der Waals surface area contributed by atoms with Gasteiger partial charge in [0.25, 0.3) is 0 Å². The average molecular weight is 495 g/mol. The summed E-state index contributed by atoms with van der Waals surface area (Å²) < 4.78 is 0. The maximum Gasteiger partial charge on any atom is 4.00 e. The Kier molecular flexibility index (Phi) is 7.93. The van der Waals surface area contributed by atoms with E-state index >= 15 is 0 Å². The van der Waals surface area contributed by atoms with Gasteiger partial charge in [0.15, 0.2) is 0 Å². The van der Waals surface area contributed by atoms with Gasteiger partial charge in [-0.3, -0.25) is 0 Å². The van der Waals surface area contributed by atoms with Crippen LogP contribution in [0.1, 0.15) is 0 Å². The van der Waals surface area contributed by atoms with Crippen molar-refractivity contribution in [3.05, 3.63) is 124 Å². The minimum absolute atomic E-state index is 0. The van der Waals surface area contributed by atoms with Gasteiger partial charge in [-0.2, -0.15) is 0 Å². The van der Waals surface area contributed by atoms with Gasteiger partial charge in [0.2, 0.25) is 0 Å². The Hall–Kier alpha value is 0.0470. The molecule has 10 radical (unpaired) electrons. The van der Waals surface area contributed by atoms with Crippen LogP contribution in [0.2, 0.25) is 13.1 Å². The SMILES string of the molecule is C[Si](C)([C]1[CH][CH][C]2C=CC=C[C]21)[C]1[CH][CH][C]2C=CC=C[C]21.[CH3-].[CH3-].[Hf+4]. The third-order valence-corrected chi connectivity index (χ3v) is 8.27. The standard InChI is InChI=1S/C20H18Si.2CH3.Hf/c1-21(2,19-13-11-15-7-3-5-9-17(15)19)20-14-12-16-8-4-6-10-18(16)20;;;/h3-14H,1-2H3;2*1H3;/q;2*-1;+4. The molecule has 118 valence electrons. The fourth-order valence-electron chi connectivity index (χ4n) is 3.54. The van der Waals surface area contributed by atoms with Crippen molar-refractivity contribution in [3.63, 3.8) is 0 Å². The van der Waals surface area contributed by atoms with Crippen molar-refractivity contribution in [2.45, 2.75) is 13.1 Å². The van der Waals surface area contributed by atoms with Crippen LogP contribution in [0.15, 0.2) is 48.6 Å². The Balaban J connectivity index is 0.000000960. The molecule has 0 aliphatic heterocycles. The Morgan fingerprint density at radius 1 is 0.583 bits per heavy atom. The second-order valence-corrected chi connectivity index (χ2v) is 10.6. The van der Waals surface area contributed by atoms with E-state index in [0.717, 1.165) is 0 Å². The van der Waals surface area contributed by atoms with Crippen LogP contribution in [0.3, 0.4) is 0 Å². The first kappa shape index (κ1) is 22.1. The predicted octanol–water partition coefficient (Wildman–Crippen LogP) is 5.21. The summed E-state index contributed by atoms with van der Waals surface area (Å²) in [4.78, 5) is 0. The summed E-state index contributed by atoms with van der Waals surface area (Å²) in [6.45, 7) is 4.94. The number of allylic oxidation sites excluding steroid dienone is 8. The van der Waals surface area contributed by atoms with Crippen LogP contribution in [-0.4, -0.2) is 8.07 Å². The quantitative estimate of drug-likeness (QED) is 0.365. The van der Waals surface area contributed by atoms with Gasteiger partial charge in [-0.15, -0.1) is 0 Å². The zero-order valence-corrected chi connectivity index (χ0v) is 19.5. The maximum atomic E-state index is 2.47. The summed E-state index contributed by atoms with van der Waals surface area (Å²) in [6.07, 6.45) is 26.7. The van der Waals surface area contributed by atoms with Crippen molar-refractivity contribution in [1.82, 2.24) is 0 Å². The molecule has 0 unspecified atom stereocenters. The molecule has 0 atom stereocenters. The summed E-state index contributed by atoms with van der Waals surface area (Å²) in [7, 11) is -1.68. The Morgan fingerprint density at radius 3 is 1.38 bits per heavy atom. The van der Waals surface area contributed by atoms with Crippen LogP contribution in [0, 0.1) is 75.3 Å². The first-order valence-corrected chi connectivity index (χ1v) is 10.5. The van der Waals surface area contributed by atoms with E-state index in [9.17, 15) is 0 Å². The van der Waals surface area contributed by atoms with E-state index in [1.54, 1.807) is 11.1 Å². The van der Waals surface area contributed by atoms with E-state index in [1.165, 1.54) is 23.7 Å². The molecule has 2 fully saturated rings. The van der Waals surface area contributed by atoms with E-state index in [1.807, 2.05) is 0 Å². The molecule has 0 aromatic carbocycles. The first-order chi connectivity index (χ1) is 10.2. The van der Waals surface area contributed by atoms with Crippen molar-refractivity contribution in [3.8, 4) is 0 Å². The monoisotopic (exact) mass is 496 g/mol. The number of fused-ring (bicyclic) bond motifs is 2. The molecule has 2 heteroatoms. The number of hydrogen-bond acceptors (Lipinski definition) is 0. The Labute approximate surface area is 170 Å². The molecule has 0 spiro atoms. The average Bonchev–Trinajstić information content (AvgIpc) is 3.12. The van der Waals surface area contributed by atoms with Crippen LogP contribution in [0.4, 0.5) is 0 Å². The summed E-state index contributed by atoms with van der Waals surface area (Å²) in [5, 5.41) is 0. The molecule has 0 N–H and O–H groups in total. The molecule has 0 bridgehead atoms. The predicted molar refractivity (Wildman–Crippen MR) is 104 cm³/mol. The molecular formula is C22H24HfSi+2. The molecule has 4 aliphatic carbocycles. The second-order valence-electron chi connectivity index (χ2n) is 6.29. The van der Waals surface area contributed by atoms with Crippen molar-refractivity contribution < 1.29 is 25.8 Å². The molecule has 0 aromatic rings. The van der Waals surface area contributed by atoms with E-state index in [4.69, 9.17) is 0 Å². The molecule has 4 rings (SSSR count). The van der Waals surface area contributed by atoms with Gasteiger partial charge in [-0.25, -0.2) is 0 Å². The van der Waals surface area contributed by atoms with Gasteiger partial charge in [0, 0.05) is 23.7 Å². The smallest absolute Gasteiger partial charge is 0.358 e. The summed E-state index contributed by atoms with van der Waals surface area (Å²) in [5.41, 5.74) is 3.10. The van der Waals surface area contributed by atoms with Crippen molar-refractivity contribution in [2.75, 3.05) is 0 Å². The molecular weight excluding hydrogens is 471 g/mol. The van der Waals surface area contributed by atoms with E-state index in [0.29, 0.717) is 0 Å². The fraction of sp³-hybridized carbons (Fsp3) is 0.0909. The van der Waals surface area contributed by atoms with Crippen molar-refractivity contribution in [2.24, 2.45) is 0 Å². The third kappa shape index (κ3) is 3.61. The van der Waals surface area contributed by atoms with E-state index in [2.05, 4.69) is 87.4 Å². The topological polar surface area (TPSA) is 0 Å². The van der Waals surface area contributed by atoms with Gasteiger partial charge in [0.05, 0.1) is 8.07 Å². The number of hydrogen-bond donors (Lipinski definition) is 0. The van der Waals surface area contributed by atoms with Gasteiger partial charge < -0.3 is 14.9 Å². The van der Waals surface area contributed by atoms with Gasteiger partial charge in [-0.1, -0.05) is 61.7 Å². The van der Waals surface area contributed by atoms with Gasteiger partial charge >= 0.3 is 25.8 Å². The van der Waals surface area contributed by atoms with Crippen LogP contribution in [0.25, 0.3) is 0 Å². The van der Waals surface area contributed by atoms with Crippen molar-refractivity contribution in [1.29, 1.82) is 0 Å². The maximum absolute atomic E-state index is 2.47. The molecule has 0 nitrogen and oxygen atoms in total. The van der Waals surface area contributed by atoms with Crippen LogP contribution < -0.4 is 0 Å². The number of rotatable bonds is 2. The second kappa shape index (κ2) is 8.62. The minimum atomic E-state index is -1.68. The largest absolute Gasteiger partial charge is 4.00 e. The van der Waals surface area contributed by atoms with Crippen LogP contribution in [0.5, 0.6) is 0 Å².